The first-order valence-electron chi connectivity index (χ1n) is 8.43. The minimum atomic E-state index is 0.374. The molecule has 1 aliphatic heterocycles. The molecular weight excluding hydrogens is 244 g/mol. The van der Waals surface area contributed by atoms with Gasteiger partial charge >= 0.3 is 0 Å². The molecule has 1 rings (SSSR count). The van der Waals surface area contributed by atoms with Gasteiger partial charge in [-0.05, 0) is 56.9 Å². The Morgan fingerprint density at radius 2 is 2.05 bits per heavy atom. The lowest BCUT2D eigenvalue weighted by Crippen LogP contribution is -2.15. The molecule has 4 atom stereocenters. The summed E-state index contributed by atoms with van der Waals surface area (Å²) in [5.41, 5.74) is 2.76. The van der Waals surface area contributed by atoms with Crippen LogP contribution in [0.25, 0.3) is 0 Å². The smallest absolute Gasteiger partial charge is 0.0791 e. The molecule has 1 heteroatoms. The van der Waals surface area contributed by atoms with Crippen LogP contribution in [-0.2, 0) is 4.74 Å². The molecule has 0 aromatic rings. The van der Waals surface area contributed by atoms with Crippen LogP contribution in [-0.4, -0.2) is 12.2 Å². The zero-order valence-electron chi connectivity index (χ0n) is 14.2. The van der Waals surface area contributed by atoms with Gasteiger partial charge in [-0.2, -0.15) is 0 Å². The molecule has 0 aromatic heterocycles. The van der Waals surface area contributed by atoms with Gasteiger partial charge in [0.15, 0.2) is 0 Å². The van der Waals surface area contributed by atoms with E-state index in [9.17, 15) is 0 Å². The third kappa shape index (κ3) is 5.83. The standard InChI is InChI=1S/C19H34O/c1-7-8-9-18-13-17(6)19(20-18)11-10-15(4)12-16(5)14(2)3/h13,15-16,18-19H,2,7-12H2,1,3-6H3. The van der Waals surface area contributed by atoms with Crippen molar-refractivity contribution in [1.29, 1.82) is 0 Å². The molecule has 0 aliphatic carbocycles. The fourth-order valence-corrected chi connectivity index (χ4v) is 2.97. The molecular formula is C19H34O. The molecule has 116 valence electrons. The van der Waals surface area contributed by atoms with E-state index < -0.39 is 0 Å². The SMILES string of the molecule is C=C(C)C(C)CC(C)CCC1OC(CCCC)C=C1C. The summed E-state index contributed by atoms with van der Waals surface area (Å²) in [6.45, 7) is 15.3. The van der Waals surface area contributed by atoms with Gasteiger partial charge in [-0.25, -0.2) is 0 Å². The highest BCUT2D eigenvalue weighted by atomic mass is 16.5. The summed E-state index contributed by atoms with van der Waals surface area (Å²) in [4.78, 5) is 0. The first kappa shape index (κ1) is 17.5. The first-order valence-corrected chi connectivity index (χ1v) is 8.43. The third-order valence-corrected chi connectivity index (χ3v) is 4.66. The molecule has 0 amide bonds. The van der Waals surface area contributed by atoms with E-state index in [1.54, 1.807) is 0 Å². The van der Waals surface area contributed by atoms with Crippen molar-refractivity contribution in [3.63, 3.8) is 0 Å². The van der Waals surface area contributed by atoms with Crippen molar-refractivity contribution >= 4 is 0 Å². The average Bonchev–Trinajstić information content (AvgIpc) is 2.74. The quantitative estimate of drug-likeness (QED) is 0.476. The zero-order chi connectivity index (χ0) is 15.1. The zero-order valence-corrected chi connectivity index (χ0v) is 14.2. The Balaban J connectivity index is 2.29. The van der Waals surface area contributed by atoms with E-state index in [1.807, 2.05) is 0 Å². The van der Waals surface area contributed by atoms with Crippen LogP contribution in [0.3, 0.4) is 0 Å². The van der Waals surface area contributed by atoms with Crippen LogP contribution in [0, 0.1) is 11.8 Å². The van der Waals surface area contributed by atoms with E-state index in [2.05, 4.69) is 47.3 Å². The maximum absolute atomic E-state index is 6.17. The molecule has 0 spiro atoms. The lowest BCUT2D eigenvalue weighted by Gasteiger charge is -2.20. The van der Waals surface area contributed by atoms with Crippen molar-refractivity contribution in [3.8, 4) is 0 Å². The second-order valence-corrected chi connectivity index (χ2v) is 6.88. The van der Waals surface area contributed by atoms with E-state index in [4.69, 9.17) is 4.74 Å². The Labute approximate surface area is 126 Å². The summed E-state index contributed by atoms with van der Waals surface area (Å²) in [6, 6.07) is 0. The first-order chi connectivity index (χ1) is 9.43. The minimum Gasteiger partial charge on any atom is -0.367 e. The molecule has 1 nitrogen and oxygen atoms in total. The second kappa shape index (κ2) is 8.67. The molecule has 0 N–H and O–H groups in total. The maximum atomic E-state index is 6.17. The van der Waals surface area contributed by atoms with E-state index in [0.29, 0.717) is 18.1 Å². The van der Waals surface area contributed by atoms with Crippen LogP contribution in [0.1, 0.15) is 73.1 Å². The molecule has 0 bridgehead atoms. The van der Waals surface area contributed by atoms with Crippen LogP contribution in [0.4, 0.5) is 0 Å². The highest BCUT2D eigenvalue weighted by molar-refractivity contribution is 5.13. The maximum Gasteiger partial charge on any atom is 0.0791 e. The minimum absolute atomic E-state index is 0.374. The summed E-state index contributed by atoms with van der Waals surface area (Å²) in [6.07, 6.45) is 10.5. The van der Waals surface area contributed by atoms with Crippen molar-refractivity contribution in [2.45, 2.75) is 85.4 Å². The fourth-order valence-electron chi connectivity index (χ4n) is 2.97. The van der Waals surface area contributed by atoms with Gasteiger partial charge in [-0.3, -0.25) is 0 Å². The summed E-state index contributed by atoms with van der Waals surface area (Å²) < 4.78 is 6.17. The van der Waals surface area contributed by atoms with Gasteiger partial charge in [0.1, 0.15) is 0 Å². The number of unbranched alkanes of at least 4 members (excludes halogenated alkanes) is 1. The molecule has 0 saturated heterocycles. The Kier molecular flexibility index (Phi) is 7.58. The number of allylic oxidation sites excluding steroid dienone is 1. The third-order valence-electron chi connectivity index (χ3n) is 4.66. The van der Waals surface area contributed by atoms with Crippen molar-refractivity contribution in [1.82, 2.24) is 0 Å². The van der Waals surface area contributed by atoms with Crippen LogP contribution >= 0.6 is 0 Å². The molecule has 0 saturated carbocycles. The Hall–Kier alpha value is -0.560. The van der Waals surface area contributed by atoms with Crippen molar-refractivity contribution in [2.24, 2.45) is 11.8 Å². The van der Waals surface area contributed by atoms with Crippen molar-refractivity contribution in [3.05, 3.63) is 23.8 Å². The van der Waals surface area contributed by atoms with Crippen LogP contribution in [0.15, 0.2) is 23.8 Å². The highest BCUT2D eigenvalue weighted by Gasteiger charge is 2.24. The molecule has 0 fully saturated rings. The number of hydrogen-bond donors (Lipinski definition) is 0. The summed E-state index contributed by atoms with van der Waals surface area (Å²) in [7, 11) is 0. The normalized spacial score (nSPS) is 25.4. The van der Waals surface area contributed by atoms with E-state index >= 15 is 0 Å². The largest absolute Gasteiger partial charge is 0.367 e. The Morgan fingerprint density at radius 1 is 1.35 bits per heavy atom. The van der Waals surface area contributed by atoms with Crippen molar-refractivity contribution in [2.75, 3.05) is 0 Å². The van der Waals surface area contributed by atoms with E-state index in [-0.39, 0.29) is 0 Å². The lowest BCUT2D eigenvalue weighted by atomic mass is 9.89. The molecule has 1 heterocycles. The topological polar surface area (TPSA) is 9.23 Å². The van der Waals surface area contributed by atoms with Crippen LogP contribution < -0.4 is 0 Å². The van der Waals surface area contributed by atoms with Gasteiger partial charge in [0, 0.05) is 0 Å². The lowest BCUT2D eigenvalue weighted by molar-refractivity contribution is 0.0425. The average molecular weight is 278 g/mol. The van der Waals surface area contributed by atoms with Crippen molar-refractivity contribution < 1.29 is 4.74 Å². The van der Waals surface area contributed by atoms with Gasteiger partial charge in [0.25, 0.3) is 0 Å². The van der Waals surface area contributed by atoms with E-state index in [0.717, 1.165) is 5.92 Å². The molecule has 0 radical (unpaired) electrons. The molecule has 20 heavy (non-hydrogen) atoms. The van der Waals surface area contributed by atoms with Crippen LogP contribution in [0.2, 0.25) is 0 Å². The fraction of sp³-hybridized carbons (Fsp3) is 0.789. The predicted molar refractivity (Wildman–Crippen MR) is 88.9 cm³/mol. The summed E-state index contributed by atoms with van der Waals surface area (Å²) >= 11 is 0. The Morgan fingerprint density at radius 3 is 2.65 bits per heavy atom. The molecule has 1 aliphatic rings. The van der Waals surface area contributed by atoms with Gasteiger partial charge in [0.2, 0.25) is 0 Å². The summed E-state index contributed by atoms with van der Waals surface area (Å²) in [5.74, 6) is 1.40. The number of ether oxygens (including phenoxy) is 1. The predicted octanol–water partition coefficient (Wildman–Crippen LogP) is 5.91. The van der Waals surface area contributed by atoms with Gasteiger partial charge < -0.3 is 4.74 Å². The Bertz CT molecular complexity index is 329. The van der Waals surface area contributed by atoms with Crippen LogP contribution in [0.5, 0.6) is 0 Å². The molecule has 0 aromatic carbocycles. The van der Waals surface area contributed by atoms with Gasteiger partial charge in [-0.15, -0.1) is 0 Å². The summed E-state index contributed by atoms with van der Waals surface area (Å²) in [5, 5.41) is 0. The van der Waals surface area contributed by atoms with Gasteiger partial charge in [-0.1, -0.05) is 51.8 Å². The second-order valence-electron chi connectivity index (χ2n) is 6.88. The highest BCUT2D eigenvalue weighted by Crippen LogP contribution is 2.29. The molecule has 4 unspecified atom stereocenters. The van der Waals surface area contributed by atoms with Gasteiger partial charge in [0.05, 0.1) is 12.2 Å². The monoisotopic (exact) mass is 278 g/mol. The number of hydrogen-bond acceptors (Lipinski definition) is 1. The number of rotatable bonds is 9. The van der Waals surface area contributed by atoms with E-state index in [1.165, 1.54) is 49.7 Å².